The van der Waals surface area contributed by atoms with Crippen LogP contribution in [0.15, 0.2) is 42.5 Å². The van der Waals surface area contributed by atoms with Crippen molar-refractivity contribution in [1.82, 2.24) is 0 Å². The van der Waals surface area contributed by atoms with Crippen LogP contribution < -0.4 is 10.5 Å². The van der Waals surface area contributed by atoms with E-state index in [1.165, 1.54) is 19.2 Å². The van der Waals surface area contributed by atoms with Gasteiger partial charge in [-0.25, -0.2) is 4.79 Å². The van der Waals surface area contributed by atoms with Crippen molar-refractivity contribution in [2.45, 2.75) is 6.61 Å². The molecule has 0 radical (unpaired) electrons. The molecule has 5 nitrogen and oxygen atoms in total. The van der Waals surface area contributed by atoms with Crippen molar-refractivity contribution in [2.75, 3.05) is 12.8 Å². The molecular weight excluding hydrogens is 258 g/mol. The Labute approximate surface area is 116 Å². The minimum absolute atomic E-state index is 0.108. The van der Waals surface area contributed by atoms with Crippen molar-refractivity contribution >= 4 is 11.7 Å². The molecule has 0 aliphatic rings. The van der Waals surface area contributed by atoms with Gasteiger partial charge in [-0.05, 0) is 29.8 Å². The molecule has 3 N–H and O–H groups in total. The van der Waals surface area contributed by atoms with Crippen LogP contribution in [0.1, 0.15) is 15.9 Å². The quantitative estimate of drug-likeness (QED) is 0.660. The summed E-state index contributed by atoms with van der Waals surface area (Å²) in [6.45, 7) is 0.108. The first-order valence-electron chi connectivity index (χ1n) is 5.99. The van der Waals surface area contributed by atoms with E-state index in [1.54, 1.807) is 30.3 Å². The summed E-state index contributed by atoms with van der Waals surface area (Å²) >= 11 is 0. The standard InChI is InChI=1S/C15H15NO4/c1-19-14-12(3-2-4-13(14)16)15(18)20-9-10-5-7-11(17)8-6-10/h2-8,17H,9,16H2,1H3. The van der Waals surface area contributed by atoms with Crippen LogP contribution in [-0.2, 0) is 11.3 Å². The fourth-order valence-electron chi connectivity index (χ4n) is 1.76. The van der Waals surface area contributed by atoms with E-state index in [-0.39, 0.29) is 17.9 Å². The molecule has 0 amide bonds. The summed E-state index contributed by atoms with van der Waals surface area (Å²) in [4.78, 5) is 12.0. The number of nitrogen functional groups attached to an aromatic ring is 1. The molecular formula is C15H15NO4. The van der Waals surface area contributed by atoms with Gasteiger partial charge in [0, 0.05) is 0 Å². The Balaban J connectivity index is 2.09. The predicted molar refractivity (Wildman–Crippen MR) is 74.6 cm³/mol. The zero-order valence-corrected chi connectivity index (χ0v) is 11.0. The lowest BCUT2D eigenvalue weighted by Gasteiger charge is -2.10. The molecule has 104 valence electrons. The molecule has 0 unspecified atom stereocenters. The van der Waals surface area contributed by atoms with Gasteiger partial charge in [0.1, 0.15) is 17.9 Å². The highest BCUT2D eigenvalue weighted by molar-refractivity contribution is 5.94. The number of anilines is 1. The number of aromatic hydroxyl groups is 1. The Bertz CT molecular complexity index is 608. The number of methoxy groups -OCH3 is 1. The van der Waals surface area contributed by atoms with Gasteiger partial charge >= 0.3 is 5.97 Å². The second-order valence-corrected chi connectivity index (χ2v) is 4.17. The number of hydrogen-bond acceptors (Lipinski definition) is 5. The lowest BCUT2D eigenvalue weighted by molar-refractivity contribution is 0.0469. The number of benzene rings is 2. The number of carbonyl (C=O) groups excluding carboxylic acids is 1. The normalized spacial score (nSPS) is 10.1. The summed E-state index contributed by atoms with van der Waals surface area (Å²) in [6, 6.07) is 11.3. The molecule has 0 aliphatic carbocycles. The average molecular weight is 273 g/mol. The van der Waals surface area contributed by atoms with Crippen LogP contribution in [-0.4, -0.2) is 18.2 Å². The molecule has 0 saturated carbocycles. The first-order valence-corrected chi connectivity index (χ1v) is 5.99. The van der Waals surface area contributed by atoms with Crippen LogP contribution in [0.2, 0.25) is 0 Å². The Hall–Kier alpha value is -2.69. The number of esters is 1. The molecule has 0 bridgehead atoms. The number of phenolic OH excluding ortho intramolecular Hbond substituents is 1. The molecule has 0 spiro atoms. The highest BCUT2D eigenvalue weighted by atomic mass is 16.5. The largest absolute Gasteiger partial charge is 0.508 e. The average Bonchev–Trinajstić information content (AvgIpc) is 2.46. The maximum absolute atomic E-state index is 12.0. The monoisotopic (exact) mass is 273 g/mol. The van der Waals surface area contributed by atoms with Crippen molar-refractivity contribution in [3.63, 3.8) is 0 Å². The summed E-state index contributed by atoms with van der Waals surface area (Å²) in [7, 11) is 1.45. The van der Waals surface area contributed by atoms with Crippen LogP contribution in [0.3, 0.4) is 0 Å². The summed E-state index contributed by atoms with van der Waals surface area (Å²) in [5, 5.41) is 9.17. The Morgan fingerprint density at radius 1 is 1.20 bits per heavy atom. The molecule has 2 aromatic carbocycles. The topological polar surface area (TPSA) is 81.8 Å². The van der Waals surface area contributed by atoms with E-state index in [0.29, 0.717) is 11.4 Å². The smallest absolute Gasteiger partial charge is 0.342 e. The van der Waals surface area contributed by atoms with Crippen LogP contribution in [0.4, 0.5) is 5.69 Å². The fourth-order valence-corrected chi connectivity index (χ4v) is 1.76. The lowest BCUT2D eigenvalue weighted by Crippen LogP contribution is -2.08. The van der Waals surface area contributed by atoms with E-state index in [4.69, 9.17) is 15.2 Å². The van der Waals surface area contributed by atoms with Crippen molar-refractivity contribution < 1.29 is 19.4 Å². The fraction of sp³-hybridized carbons (Fsp3) is 0.133. The molecule has 0 fully saturated rings. The van der Waals surface area contributed by atoms with Crippen LogP contribution in [0.25, 0.3) is 0 Å². The maximum Gasteiger partial charge on any atom is 0.342 e. The van der Waals surface area contributed by atoms with E-state index in [9.17, 15) is 9.90 Å². The van der Waals surface area contributed by atoms with Crippen molar-refractivity contribution in [2.24, 2.45) is 0 Å². The van der Waals surface area contributed by atoms with Crippen molar-refractivity contribution in [3.8, 4) is 11.5 Å². The number of phenols is 1. The molecule has 0 aromatic heterocycles. The third-order valence-electron chi connectivity index (χ3n) is 2.78. The molecule has 20 heavy (non-hydrogen) atoms. The number of hydrogen-bond donors (Lipinski definition) is 2. The molecule has 0 aliphatic heterocycles. The molecule has 5 heteroatoms. The lowest BCUT2D eigenvalue weighted by atomic mass is 10.1. The number of nitrogens with two attached hydrogens (primary N) is 1. The van der Waals surface area contributed by atoms with Gasteiger partial charge < -0.3 is 20.3 Å². The van der Waals surface area contributed by atoms with E-state index in [1.807, 2.05) is 0 Å². The van der Waals surface area contributed by atoms with E-state index < -0.39 is 5.97 Å². The van der Waals surface area contributed by atoms with Gasteiger partial charge in [0.25, 0.3) is 0 Å². The van der Waals surface area contributed by atoms with Gasteiger partial charge in [0.15, 0.2) is 5.75 Å². The summed E-state index contributed by atoms with van der Waals surface area (Å²) in [6.07, 6.45) is 0. The highest BCUT2D eigenvalue weighted by Gasteiger charge is 2.15. The third-order valence-corrected chi connectivity index (χ3v) is 2.78. The zero-order valence-electron chi connectivity index (χ0n) is 11.0. The molecule has 0 atom stereocenters. The van der Waals surface area contributed by atoms with E-state index in [2.05, 4.69) is 0 Å². The minimum Gasteiger partial charge on any atom is -0.508 e. The number of carbonyl (C=O) groups is 1. The predicted octanol–water partition coefficient (Wildman–Crippen LogP) is 2.34. The Kier molecular flexibility index (Phi) is 4.10. The Morgan fingerprint density at radius 2 is 1.90 bits per heavy atom. The van der Waals surface area contributed by atoms with E-state index >= 15 is 0 Å². The summed E-state index contributed by atoms with van der Waals surface area (Å²) in [5.74, 6) is -0.0389. The first-order chi connectivity index (χ1) is 9.61. The van der Waals surface area contributed by atoms with Gasteiger partial charge in [-0.2, -0.15) is 0 Å². The highest BCUT2D eigenvalue weighted by Crippen LogP contribution is 2.26. The third kappa shape index (κ3) is 3.00. The van der Waals surface area contributed by atoms with Gasteiger partial charge in [0.2, 0.25) is 0 Å². The van der Waals surface area contributed by atoms with Gasteiger partial charge in [0.05, 0.1) is 12.8 Å². The maximum atomic E-state index is 12.0. The number of ether oxygens (including phenoxy) is 2. The minimum atomic E-state index is -0.512. The number of rotatable bonds is 4. The molecule has 0 heterocycles. The molecule has 2 aromatic rings. The number of para-hydroxylation sites is 1. The SMILES string of the molecule is COc1c(N)cccc1C(=O)OCc1ccc(O)cc1. The molecule has 0 saturated heterocycles. The van der Waals surface area contributed by atoms with Crippen molar-refractivity contribution in [1.29, 1.82) is 0 Å². The van der Waals surface area contributed by atoms with Crippen LogP contribution in [0, 0.1) is 0 Å². The van der Waals surface area contributed by atoms with Crippen molar-refractivity contribution in [3.05, 3.63) is 53.6 Å². The second kappa shape index (κ2) is 5.97. The molecule has 2 rings (SSSR count). The van der Waals surface area contributed by atoms with Gasteiger partial charge in [-0.1, -0.05) is 18.2 Å². The van der Waals surface area contributed by atoms with Crippen LogP contribution in [0.5, 0.6) is 11.5 Å². The second-order valence-electron chi connectivity index (χ2n) is 4.17. The van der Waals surface area contributed by atoms with Gasteiger partial charge in [-0.3, -0.25) is 0 Å². The summed E-state index contributed by atoms with van der Waals surface area (Å²) < 4.78 is 10.3. The van der Waals surface area contributed by atoms with E-state index in [0.717, 1.165) is 5.56 Å². The Morgan fingerprint density at radius 3 is 2.55 bits per heavy atom. The zero-order chi connectivity index (χ0) is 14.5. The van der Waals surface area contributed by atoms with Crippen LogP contribution >= 0.6 is 0 Å². The summed E-state index contributed by atoms with van der Waals surface area (Å²) in [5.41, 5.74) is 7.17. The first kappa shape index (κ1) is 13.7. The van der Waals surface area contributed by atoms with Gasteiger partial charge in [-0.15, -0.1) is 0 Å².